The van der Waals surface area contributed by atoms with Gasteiger partial charge in [0.05, 0.1) is 13.2 Å². The van der Waals surface area contributed by atoms with Crippen molar-refractivity contribution in [2.75, 3.05) is 70.5 Å². The molecule has 1 fully saturated rings. The van der Waals surface area contributed by atoms with Gasteiger partial charge in [-0.05, 0) is 45.4 Å². The first-order chi connectivity index (χ1) is 13.3. The summed E-state index contributed by atoms with van der Waals surface area (Å²) >= 11 is 0. The monoisotopic (exact) mass is 503 g/mol. The first-order valence-electron chi connectivity index (χ1n) is 10.5. The molecule has 0 unspecified atom stereocenters. The Morgan fingerprint density at radius 3 is 2.54 bits per heavy atom. The third-order valence-corrected chi connectivity index (χ3v) is 4.75. The van der Waals surface area contributed by atoms with Gasteiger partial charge in [0, 0.05) is 51.5 Å². The molecule has 0 atom stereocenters. The lowest BCUT2D eigenvalue weighted by molar-refractivity contribution is 0.0376. The molecule has 28 heavy (non-hydrogen) atoms. The number of rotatable bonds is 11. The third kappa shape index (κ3) is 9.93. The molecule has 0 aromatic heterocycles. The maximum absolute atomic E-state index is 5.39. The number of benzene rings is 1. The fourth-order valence-electron chi connectivity index (χ4n) is 3.24. The summed E-state index contributed by atoms with van der Waals surface area (Å²) < 4.78 is 5.39. The second kappa shape index (κ2) is 15.8. The SMILES string of the molecule is CCNC(=NCCCN(CC)c1ccccc1)NCCCN1CCOCC1.I. The summed E-state index contributed by atoms with van der Waals surface area (Å²) in [6, 6.07) is 10.6. The van der Waals surface area contributed by atoms with Crippen LogP contribution in [0.25, 0.3) is 0 Å². The maximum Gasteiger partial charge on any atom is 0.191 e. The Labute approximate surface area is 188 Å². The van der Waals surface area contributed by atoms with Crippen LogP contribution in [0.15, 0.2) is 35.3 Å². The van der Waals surface area contributed by atoms with Gasteiger partial charge in [0.25, 0.3) is 0 Å². The molecule has 1 aliphatic heterocycles. The lowest BCUT2D eigenvalue weighted by Gasteiger charge is -2.26. The average Bonchev–Trinajstić information content (AvgIpc) is 2.72. The summed E-state index contributed by atoms with van der Waals surface area (Å²) in [5.74, 6) is 0.933. The van der Waals surface area contributed by atoms with Gasteiger partial charge < -0.3 is 20.3 Å². The molecule has 7 heteroatoms. The van der Waals surface area contributed by atoms with Crippen molar-refractivity contribution in [2.45, 2.75) is 26.7 Å². The molecule has 2 rings (SSSR count). The molecule has 0 radical (unpaired) electrons. The Morgan fingerprint density at radius 1 is 1.11 bits per heavy atom. The quantitative estimate of drug-likeness (QED) is 0.211. The van der Waals surface area contributed by atoms with Crippen LogP contribution in [0.2, 0.25) is 0 Å². The topological polar surface area (TPSA) is 52.1 Å². The highest BCUT2D eigenvalue weighted by molar-refractivity contribution is 14.0. The molecule has 0 aliphatic carbocycles. The minimum Gasteiger partial charge on any atom is -0.379 e. The highest BCUT2D eigenvalue weighted by Crippen LogP contribution is 2.12. The van der Waals surface area contributed by atoms with Gasteiger partial charge in [0.2, 0.25) is 0 Å². The fourth-order valence-corrected chi connectivity index (χ4v) is 3.24. The number of nitrogens with one attached hydrogen (secondary N) is 2. The van der Waals surface area contributed by atoms with Crippen LogP contribution < -0.4 is 15.5 Å². The number of nitrogens with zero attached hydrogens (tertiary/aromatic N) is 3. The fraction of sp³-hybridized carbons (Fsp3) is 0.667. The van der Waals surface area contributed by atoms with E-state index in [9.17, 15) is 0 Å². The molecule has 1 aromatic rings. The van der Waals surface area contributed by atoms with Crippen molar-refractivity contribution in [1.82, 2.24) is 15.5 Å². The predicted molar refractivity (Wildman–Crippen MR) is 130 cm³/mol. The number of aliphatic imine (C=N–C) groups is 1. The summed E-state index contributed by atoms with van der Waals surface area (Å²) in [5.41, 5.74) is 1.29. The number of guanidine groups is 1. The van der Waals surface area contributed by atoms with E-state index in [0.717, 1.165) is 84.4 Å². The molecular weight excluding hydrogens is 465 g/mol. The van der Waals surface area contributed by atoms with Gasteiger partial charge in [-0.2, -0.15) is 0 Å². The highest BCUT2D eigenvalue weighted by Gasteiger charge is 2.09. The van der Waals surface area contributed by atoms with E-state index in [-0.39, 0.29) is 24.0 Å². The number of hydrogen-bond donors (Lipinski definition) is 2. The van der Waals surface area contributed by atoms with Gasteiger partial charge in [0.15, 0.2) is 5.96 Å². The van der Waals surface area contributed by atoms with Crippen molar-refractivity contribution in [3.05, 3.63) is 30.3 Å². The molecule has 6 nitrogen and oxygen atoms in total. The molecule has 0 spiro atoms. The van der Waals surface area contributed by atoms with Crippen molar-refractivity contribution in [1.29, 1.82) is 0 Å². The van der Waals surface area contributed by atoms with Gasteiger partial charge >= 0.3 is 0 Å². The molecule has 1 aliphatic rings. The molecule has 0 saturated carbocycles. The van der Waals surface area contributed by atoms with Crippen LogP contribution in [0.1, 0.15) is 26.7 Å². The number of para-hydroxylation sites is 1. The van der Waals surface area contributed by atoms with Crippen LogP contribution in [0, 0.1) is 0 Å². The number of morpholine rings is 1. The molecule has 1 heterocycles. The molecule has 1 saturated heterocycles. The number of ether oxygens (including phenoxy) is 1. The lowest BCUT2D eigenvalue weighted by atomic mass is 10.2. The molecule has 1 aromatic carbocycles. The van der Waals surface area contributed by atoms with E-state index in [0.29, 0.717) is 0 Å². The average molecular weight is 503 g/mol. The normalized spacial score (nSPS) is 15.0. The number of hydrogen-bond acceptors (Lipinski definition) is 4. The van der Waals surface area contributed by atoms with E-state index in [1.54, 1.807) is 0 Å². The maximum atomic E-state index is 5.39. The van der Waals surface area contributed by atoms with Gasteiger partial charge in [-0.3, -0.25) is 9.89 Å². The summed E-state index contributed by atoms with van der Waals surface area (Å²) in [4.78, 5) is 9.60. The second-order valence-electron chi connectivity index (χ2n) is 6.76. The first-order valence-corrected chi connectivity index (χ1v) is 10.5. The van der Waals surface area contributed by atoms with Crippen LogP contribution in [0.5, 0.6) is 0 Å². The van der Waals surface area contributed by atoms with Gasteiger partial charge in [-0.1, -0.05) is 18.2 Å². The van der Waals surface area contributed by atoms with Crippen LogP contribution >= 0.6 is 24.0 Å². The van der Waals surface area contributed by atoms with E-state index >= 15 is 0 Å². The molecule has 0 amide bonds. The smallest absolute Gasteiger partial charge is 0.191 e. The van der Waals surface area contributed by atoms with Gasteiger partial charge in [-0.15, -0.1) is 24.0 Å². The van der Waals surface area contributed by atoms with Crippen molar-refractivity contribution in [3.63, 3.8) is 0 Å². The third-order valence-electron chi connectivity index (χ3n) is 4.75. The Kier molecular flexibility index (Phi) is 14.1. The van der Waals surface area contributed by atoms with Crippen molar-refractivity contribution < 1.29 is 4.74 Å². The largest absolute Gasteiger partial charge is 0.379 e. The predicted octanol–water partition coefficient (Wildman–Crippen LogP) is 2.80. The van der Waals surface area contributed by atoms with E-state index in [1.165, 1.54) is 5.69 Å². The van der Waals surface area contributed by atoms with E-state index in [2.05, 4.69) is 64.6 Å². The summed E-state index contributed by atoms with van der Waals surface area (Å²) in [5, 5.41) is 6.81. The highest BCUT2D eigenvalue weighted by atomic mass is 127. The summed E-state index contributed by atoms with van der Waals surface area (Å²) in [7, 11) is 0. The van der Waals surface area contributed by atoms with Crippen LogP contribution in [-0.4, -0.2) is 76.4 Å². The lowest BCUT2D eigenvalue weighted by Crippen LogP contribution is -2.40. The Bertz CT molecular complexity index is 523. The Morgan fingerprint density at radius 2 is 1.86 bits per heavy atom. The summed E-state index contributed by atoms with van der Waals surface area (Å²) in [6.07, 6.45) is 2.18. The van der Waals surface area contributed by atoms with Crippen molar-refractivity contribution in [3.8, 4) is 0 Å². The zero-order valence-corrected chi connectivity index (χ0v) is 19.9. The minimum atomic E-state index is 0. The van der Waals surface area contributed by atoms with Crippen molar-refractivity contribution >= 4 is 35.6 Å². The van der Waals surface area contributed by atoms with Crippen LogP contribution in [0.4, 0.5) is 5.69 Å². The molecular formula is C21H38IN5O. The molecule has 2 N–H and O–H groups in total. The first kappa shape index (κ1) is 25.0. The van der Waals surface area contributed by atoms with E-state index in [4.69, 9.17) is 9.73 Å². The van der Waals surface area contributed by atoms with Crippen LogP contribution in [0.3, 0.4) is 0 Å². The van der Waals surface area contributed by atoms with Gasteiger partial charge in [0.1, 0.15) is 0 Å². The van der Waals surface area contributed by atoms with Crippen LogP contribution in [-0.2, 0) is 4.74 Å². The number of anilines is 1. The van der Waals surface area contributed by atoms with Gasteiger partial charge in [-0.25, -0.2) is 0 Å². The van der Waals surface area contributed by atoms with E-state index < -0.39 is 0 Å². The molecule has 0 bridgehead atoms. The minimum absolute atomic E-state index is 0. The van der Waals surface area contributed by atoms with Crippen molar-refractivity contribution in [2.24, 2.45) is 4.99 Å². The standard InChI is InChI=1S/C21H37N5O.HI/c1-3-22-21(23-12-8-14-25-16-18-27-19-17-25)24-13-9-15-26(4-2)20-10-6-5-7-11-20;/h5-7,10-11H,3-4,8-9,12-19H2,1-2H3,(H2,22,23,24);1H. The zero-order chi connectivity index (χ0) is 19.2. The Balaban J connectivity index is 0.00000392. The number of halogens is 1. The zero-order valence-electron chi connectivity index (χ0n) is 17.5. The second-order valence-corrected chi connectivity index (χ2v) is 6.76. The van der Waals surface area contributed by atoms with E-state index in [1.807, 2.05) is 0 Å². The summed E-state index contributed by atoms with van der Waals surface area (Å²) in [6.45, 7) is 14.0. The molecule has 160 valence electrons. The Hall–Kier alpha value is -1.06.